The van der Waals surface area contributed by atoms with Gasteiger partial charge in [0.25, 0.3) is 0 Å². The van der Waals surface area contributed by atoms with Crippen molar-refractivity contribution in [3.8, 4) is 17.2 Å². The predicted molar refractivity (Wildman–Crippen MR) is 153 cm³/mol. The number of quaternary nitrogens is 1. The fourth-order valence-corrected chi connectivity index (χ4v) is 5.79. The number of fused-ring (bicyclic) bond motifs is 1. The van der Waals surface area contributed by atoms with Crippen LogP contribution in [0, 0.1) is 5.92 Å². The minimum absolute atomic E-state index is 0.0452. The van der Waals surface area contributed by atoms with Crippen molar-refractivity contribution in [3.63, 3.8) is 0 Å². The lowest BCUT2D eigenvalue weighted by Crippen LogP contribution is -2.43. The molecule has 1 fully saturated rings. The summed E-state index contributed by atoms with van der Waals surface area (Å²) in [7, 11) is 8.08. The number of carbonyl (C=O) groups is 2. The van der Waals surface area contributed by atoms with E-state index in [1.165, 1.54) is 0 Å². The molecule has 0 aromatic heterocycles. The van der Waals surface area contributed by atoms with Crippen LogP contribution in [0.1, 0.15) is 49.3 Å². The lowest BCUT2D eigenvalue weighted by molar-refractivity contribution is -0.870. The van der Waals surface area contributed by atoms with Gasteiger partial charge in [-0.25, -0.2) is 0 Å². The second kappa shape index (κ2) is 12.9. The van der Waals surface area contributed by atoms with Crippen LogP contribution in [0.2, 0.25) is 0 Å². The molecule has 2 aliphatic heterocycles. The highest BCUT2D eigenvalue weighted by Crippen LogP contribution is 2.47. The third kappa shape index (κ3) is 7.06. The van der Waals surface area contributed by atoms with Crippen LogP contribution >= 0.6 is 0 Å². The van der Waals surface area contributed by atoms with Crippen LogP contribution in [0.25, 0.3) is 0 Å². The lowest BCUT2D eigenvalue weighted by Gasteiger charge is -2.31. The monoisotopic (exact) mass is 554 g/mol. The Morgan fingerprint density at radius 2 is 1.70 bits per heavy atom. The average molecular weight is 555 g/mol. The molecule has 0 spiro atoms. The number of methoxy groups -OCH3 is 1. The molecule has 9 heteroatoms. The molecule has 2 aliphatic rings. The summed E-state index contributed by atoms with van der Waals surface area (Å²) in [6.45, 7) is 5.27. The molecule has 1 amide bonds. The van der Waals surface area contributed by atoms with Crippen LogP contribution in [0.15, 0.2) is 42.5 Å². The number of carbonyl (C=O) groups excluding carboxylic acids is 1. The van der Waals surface area contributed by atoms with Gasteiger partial charge in [-0.1, -0.05) is 31.5 Å². The van der Waals surface area contributed by atoms with Crippen molar-refractivity contribution >= 4 is 11.9 Å². The number of hydrogen-bond donors (Lipinski definition) is 1. The Kier molecular flexibility index (Phi) is 9.58. The van der Waals surface area contributed by atoms with E-state index in [2.05, 4.69) is 33.0 Å². The van der Waals surface area contributed by atoms with Gasteiger partial charge in [0.15, 0.2) is 11.5 Å². The van der Waals surface area contributed by atoms with Gasteiger partial charge in [-0.05, 0) is 41.8 Å². The van der Waals surface area contributed by atoms with Crippen molar-refractivity contribution in [3.05, 3.63) is 53.6 Å². The minimum atomic E-state index is -0.885. The number of hydrogen-bond acceptors (Lipinski definition) is 6. The van der Waals surface area contributed by atoms with Crippen LogP contribution in [-0.4, -0.2) is 99.0 Å². The summed E-state index contributed by atoms with van der Waals surface area (Å²) in [6, 6.07) is 12.7. The van der Waals surface area contributed by atoms with Crippen LogP contribution in [0.5, 0.6) is 17.2 Å². The van der Waals surface area contributed by atoms with E-state index in [-0.39, 0.29) is 25.2 Å². The number of carboxylic acids is 1. The number of nitrogens with zero attached hydrogens (tertiary/aromatic N) is 3. The summed E-state index contributed by atoms with van der Waals surface area (Å²) >= 11 is 0. The molecule has 0 radical (unpaired) electrons. The van der Waals surface area contributed by atoms with E-state index in [4.69, 9.17) is 14.2 Å². The first-order valence-electron chi connectivity index (χ1n) is 14.2. The molecule has 0 bridgehead atoms. The Morgan fingerprint density at radius 1 is 1.02 bits per heavy atom. The summed E-state index contributed by atoms with van der Waals surface area (Å²) in [5.41, 5.74) is 1.73. The number of rotatable bonds is 13. The number of unbranched alkanes of at least 4 members (excludes halogenated alkanes) is 1. The second-order valence-electron chi connectivity index (χ2n) is 11.8. The number of amides is 1. The standard InChI is InChI=1S/C31H43N3O6/c1-6-7-15-32(16-8-17-34(2,3)4)28(35)20-33-19-25(23-11-14-26-27(18-23)40-21-39-26)29(31(36)37)30(33)22-9-12-24(38-5)13-10-22/h9-14,18,25,29-30H,6-8,15-17,19-21H2,1-5H3/p+1/t25?,29-,30+/m0/s1. The highest BCUT2D eigenvalue weighted by Gasteiger charge is 2.48. The maximum Gasteiger partial charge on any atom is 0.309 e. The molecule has 9 nitrogen and oxygen atoms in total. The van der Waals surface area contributed by atoms with Crippen LogP contribution < -0.4 is 14.2 Å². The largest absolute Gasteiger partial charge is 0.497 e. The van der Waals surface area contributed by atoms with Crippen LogP contribution in [-0.2, 0) is 9.59 Å². The maximum absolute atomic E-state index is 13.8. The van der Waals surface area contributed by atoms with E-state index in [1.807, 2.05) is 47.4 Å². The van der Waals surface area contributed by atoms with Gasteiger partial charge >= 0.3 is 5.97 Å². The fraction of sp³-hybridized carbons (Fsp3) is 0.548. The zero-order valence-electron chi connectivity index (χ0n) is 24.5. The molecule has 40 heavy (non-hydrogen) atoms. The van der Waals surface area contributed by atoms with Crippen molar-refractivity contribution in [2.75, 3.05) is 67.8 Å². The van der Waals surface area contributed by atoms with Gasteiger partial charge < -0.3 is 28.7 Å². The van der Waals surface area contributed by atoms with Gasteiger partial charge in [-0.2, -0.15) is 0 Å². The Balaban J connectivity index is 1.63. The van der Waals surface area contributed by atoms with Gasteiger partial charge in [-0.3, -0.25) is 14.5 Å². The summed E-state index contributed by atoms with van der Waals surface area (Å²) in [4.78, 5) is 30.7. The minimum Gasteiger partial charge on any atom is -0.497 e. The molecular weight excluding hydrogens is 510 g/mol. The van der Waals surface area contributed by atoms with E-state index in [0.717, 1.165) is 41.4 Å². The molecule has 3 atom stereocenters. The molecule has 1 N–H and O–H groups in total. The van der Waals surface area contributed by atoms with Gasteiger partial charge in [0, 0.05) is 38.0 Å². The molecular formula is C31H44N3O6+. The number of ether oxygens (including phenoxy) is 3. The Labute approximate surface area is 237 Å². The molecule has 0 aliphatic carbocycles. The lowest BCUT2D eigenvalue weighted by atomic mass is 9.82. The highest BCUT2D eigenvalue weighted by molar-refractivity contribution is 5.79. The maximum atomic E-state index is 13.8. The molecule has 2 aromatic rings. The zero-order chi connectivity index (χ0) is 28.9. The van der Waals surface area contributed by atoms with Crippen molar-refractivity contribution in [2.45, 2.75) is 38.1 Å². The summed E-state index contributed by atoms with van der Waals surface area (Å²) < 4.78 is 17.3. The summed E-state index contributed by atoms with van der Waals surface area (Å²) in [6.07, 6.45) is 2.86. The molecule has 218 valence electrons. The normalized spacial score (nSPS) is 20.5. The first-order chi connectivity index (χ1) is 19.1. The van der Waals surface area contributed by atoms with Crippen molar-refractivity contribution in [1.82, 2.24) is 9.80 Å². The third-order valence-electron chi connectivity index (χ3n) is 7.90. The molecule has 2 heterocycles. The number of likely N-dealkylation sites (tertiary alicyclic amines) is 1. The van der Waals surface area contributed by atoms with Gasteiger partial charge in [0.05, 0.1) is 47.3 Å². The number of carboxylic acid groups (broad SMARTS) is 1. The van der Waals surface area contributed by atoms with Crippen LogP contribution in [0.3, 0.4) is 0 Å². The quantitative estimate of drug-likeness (QED) is 0.375. The van der Waals surface area contributed by atoms with Crippen molar-refractivity contribution in [1.29, 1.82) is 0 Å². The molecule has 4 rings (SSSR count). The van der Waals surface area contributed by atoms with E-state index >= 15 is 0 Å². The first-order valence-corrected chi connectivity index (χ1v) is 14.2. The number of aliphatic carboxylic acids is 1. The van der Waals surface area contributed by atoms with E-state index < -0.39 is 17.9 Å². The highest BCUT2D eigenvalue weighted by atomic mass is 16.7. The average Bonchev–Trinajstić information content (AvgIpc) is 3.54. The predicted octanol–water partition coefficient (Wildman–Crippen LogP) is 3.99. The third-order valence-corrected chi connectivity index (χ3v) is 7.90. The topological polar surface area (TPSA) is 88.5 Å². The molecule has 1 saturated heterocycles. The van der Waals surface area contributed by atoms with Gasteiger partial charge in [0.1, 0.15) is 5.75 Å². The Bertz CT molecular complexity index is 1160. The molecule has 1 unspecified atom stereocenters. The zero-order valence-corrected chi connectivity index (χ0v) is 24.5. The van der Waals surface area contributed by atoms with E-state index in [1.54, 1.807) is 7.11 Å². The summed E-state index contributed by atoms with van der Waals surface area (Å²) in [5, 5.41) is 10.5. The SMILES string of the molecule is CCCCN(CCC[N+](C)(C)C)C(=O)CN1CC(c2ccc3c(c2)OCO3)[C@H](C(=O)O)[C@H]1c1ccc(OC)cc1. The van der Waals surface area contributed by atoms with Gasteiger partial charge in [0.2, 0.25) is 12.7 Å². The van der Waals surface area contributed by atoms with Crippen molar-refractivity contribution in [2.24, 2.45) is 5.92 Å². The first kappa shape index (κ1) is 29.7. The van der Waals surface area contributed by atoms with E-state index in [0.29, 0.717) is 36.9 Å². The second-order valence-corrected chi connectivity index (χ2v) is 11.8. The van der Waals surface area contributed by atoms with Gasteiger partial charge in [-0.15, -0.1) is 0 Å². The smallest absolute Gasteiger partial charge is 0.309 e. The van der Waals surface area contributed by atoms with Crippen molar-refractivity contribution < 1.29 is 33.4 Å². The fourth-order valence-electron chi connectivity index (χ4n) is 5.79. The Morgan fingerprint density at radius 3 is 2.35 bits per heavy atom. The molecule has 0 saturated carbocycles. The number of benzene rings is 2. The van der Waals surface area contributed by atoms with E-state index in [9.17, 15) is 14.7 Å². The van der Waals surface area contributed by atoms with Crippen LogP contribution in [0.4, 0.5) is 0 Å². The Hall–Kier alpha value is -3.30. The summed E-state index contributed by atoms with van der Waals surface area (Å²) in [5.74, 6) is 0.0746. The molecule has 2 aromatic carbocycles.